The Labute approximate surface area is 176 Å². The Kier molecular flexibility index (Phi) is 5.57. The van der Waals surface area contributed by atoms with E-state index in [1.165, 1.54) is 21.8 Å². The van der Waals surface area contributed by atoms with E-state index in [0.29, 0.717) is 23.6 Å². The second-order valence-electron chi connectivity index (χ2n) is 7.15. The molecule has 0 atom stereocenters. The Morgan fingerprint density at radius 3 is 2.77 bits per heavy atom. The Morgan fingerprint density at radius 2 is 2.00 bits per heavy atom. The molecule has 4 rings (SSSR count). The molecule has 0 aliphatic heterocycles. The van der Waals surface area contributed by atoms with Gasteiger partial charge in [0.1, 0.15) is 23.3 Å². The molecule has 2 aromatic carbocycles. The van der Waals surface area contributed by atoms with E-state index in [1.54, 1.807) is 0 Å². The molecule has 0 bridgehead atoms. The molecular weight excluding hydrogens is 404 g/mol. The van der Waals surface area contributed by atoms with E-state index in [4.69, 9.17) is 0 Å². The lowest BCUT2D eigenvalue weighted by Crippen LogP contribution is -2.28. The molecule has 0 radical (unpaired) electrons. The minimum atomic E-state index is -0.933. The molecule has 9 heteroatoms. The van der Waals surface area contributed by atoms with E-state index in [2.05, 4.69) is 15.4 Å². The van der Waals surface area contributed by atoms with Gasteiger partial charge in [-0.15, -0.1) is 0 Å². The summed E-state index contributed by atoms with van der Waals surface area (Å²) in [4.78, 5) is 29.2. The molecule has 31 heavy (non-hydrogen) atoms. The standard InChI is InChI=1S/C22H19F2N5O2/c1-14-3-2-4-15(9-14)12-28-13-26-20-18(22(28)31)11-27-29(20)8-7-25-21(30)17-6-5-16(23)10-19(17)24/h2-6,9-11,13H,7-8,12H2,1H3,(H,25,30). The van der Waals surface area contributed by atoms with Gasteiger partial charge in [-0.05, 0) is 24.6 Å². The minimum Gasteiger partial charge on any atom is -0.350 e. The first kappa shape index (κ1) is 20.4. The summed E-state index contributed by atoms with van der Waals surface area (Å²) in [5.74, 6) is -2.35. The third-order valence-corrected chi connectivity index (χ3v) is 4.84. The highest BCUT2D eigenvalue weighted by Gasteiger charge is 2.14. The largest absolute Gasteiger partial charge is 0.350 e. The minimum absolute atomic E-state index is 0.125. The first-order valence-corrected chi connectivity index (χ1v) is 9.62. The van der Waals surface area contributed by atoms with Gasteiger partial charge in [0.2, 0.25) is 0 Å². The Bertz CT molecular complexity index is 1330. The molecule has 2 heterocycles. The summed E-state index contributed by atoms with van der Waals surface area (Å²) in [5.41, 5.74) is 2.04. The molecular formula is C22H19F2N5O2. The summed E-state index contributed by atoms with van der Waals surface area (Å²) in [6, 6.07) is 10.6. The lowest BCUT2D eigenvalue weighted by atomic mass is 10.1. The normalized spacial score (nSPS) is 11.1. The molecule has 0 aliphatic rings. The first-order chi connectivity index (χ1) is 14.9. The van der Waals surface area contributed by atoms with Crippen molar-refractivity contribution in [1.82, 2.24) is 24.6 Å². The van der Waals surface area contributed by atoms with Crippen LogP contribution < -0.4 is 10.9 Å². The van der Waals surface area contributed by atoms with Gasteiger partial charge in [-0.1, -0.05) is 29.8 Å². The fourth-order valence-corrected chi connectivity index (χ4v) is 3.33. The summed E-state index contributed by atoms with van der Waals surface area (Å²) in [6.45, 7) is 2.74. The van der Waals surface area contributed by atoms with E-state index in [9.17, 15) is 18.4 Å². The van der Waals surface area contributed by atoms with Gasteiger partial charge in [0.15, 0.2) is 5.65 Å². The number of halogens is 2. The van der Waals surface area contributed by atoms with Gasteiger partial charge < -0.3 is 5.32 Å². The quantitative estimate of drug-likeness (QED) is 0.517. The van der Waals surface area contributed by atoms with Crippen LogP contribution in [0, 0.1) is 18.6 Å². The molecule has 0 spiro atoms. The van der Waals surface area contributed by atoms with Crippen molar-refractivity contribution in [2.24, 2.45) is 0 Å². The molecule has 4 aromatic rings. The van der Waals surface area contributed by atoms with Crippen LogP contribution in [0.3, 0.4) is 0 Å². The number of benzene rings is 2. The number of amides is 1. The molecule has 0 fully saturated rings. The van der Waals surface area contributed by atoms with Crippen molar-refractivity contribution in [1.29, 1.82) is 0 Å². The Balaban J connectivity index is 1.46. The number of hydrogen-bond acceptors (Lipinski definition) is 4. The maximum atomic E-state index is 13.7. The van der Waals surface area contributed by atoms with E-state index in [-0.39, 0.29) is 24.2 Å². The van der Waals surface area contributed by atoms with Crippen molar-refractivity contribution >= 4 is 16.9 Å². The SMILES string of the molecule is Cc1cccc(Cn2cnc3c(cnn3CCNC(=O)c3ccc(F)cc3F)c2=O)c1. The molecule has 1 amide bonds. The molecule has 158 valence electrons. The summed E-state index contributed by atoms with van der Waals surface area (Å²) in [6.07, 6.45) is 2.91. The van der Waals surface area contributed by atoms with Crippen LogP contribution in [0.15, 0.2) is 59.8 Å². The molecule has 2 aromatic heterocycles. The third-order valence-electron chi connectivity index (χ3n) is 4.84. The first-order valence-electron chi connectivity index (χ1n) is 9.62. The lowest BCUT2D eigenvalue weighted by molar-refractivity contribution is 0.0948. The highest BCUT2D eigenvalue weighted by Crippen LogP contribution is 2.10. The van der Waals surface area contributed by atoms with Crippen LogP contribution in [-0.4, -0.2) is 31.8 Å². The fourth-order valence-electron chi connectivity index (χ4n) is 3.33. The average Bonchev–Trinajstić information content (AvgIpc) is 3.14. The van der Waals surface area contributed by atoms with Crippen molar-refractivity contribution in [3.05, 3.63) is 93.7 Å². The van der Waals surface area contributed by atoms with Crippen LogP contribution in [0.1, 0.15) is 21.5 Å². The second kappa shape index (κ2) is 8.47. The number of carbonyl (C=O) groups is 1. The number of aryl methyl sites for hydroxylation is 1. The molecule has 7 nitrogen and oxygen atoms in total. The maximum Gasteiger partial charge on any atom is 0.264 e. The smallest absolute Gasteiger partial charge is 0.264 e. The van der Waals surface area contributed by atoms with Crippen molar-refractivity contribution < 1.29 is 13.6 Å². The Hall–Kier alpha value is -3.88. The maximum absolute atomic E-state index is 13.7. The highest BCUT2D eigenvalue weighted by atomic mass is 19.1. The lowest BCUT2D eigenvalue weighted by Gasteiger charge is -2.08. The van der Waals surface area contributed by atoms with Gasteiger partial charge in [-0.2, -0.15) is 5.10 Å². The molecule has 0 saturated heterocycles. The number of hydrogen-bond donors (Lipinski definition) is 1. The summed E-state index contributed by atoms with van der Waals surface area (Å²) >= 11 is 0. The zero-order chi connectivity index (χ0) is 22.0. The Morgan fingerprint density at radius 1 is 1.16 bits per heavy atom. The van der Waals surface area contributed by atoms with Crippen LogP contribution in [0.2, 0.25) is 0 Å². The van der Waals surface area contributed by atoms with Crippen molar-refractivity contribution in [2.75, 3.05) is 6.54 Å². The van der Waals surface area contributed by atoms with Gasteiger partial charge in [0.05, 0.1) is 24.8 Å². The van der Waals surface area contributed by atoms with Crippen LogP contribution >= 0.6 is 0 Å². The van der Waals surface area contributed by atoms with Crippen LogP contribution in [0.5, 0.6) is 0 Å². The zero-order valence-corrected chi connectivity index (χ0v) is 16.7. The summed E-state index contributed by atoms with van der Waals surface area (Å²) in [7, 11) is 0. The molecule has 0 aliphatic carbocycles. The molecule has 0 unspecified atom stereocenters. The van der Waals surface area contributed by atoms with E-state index in [0.717, 1.165) is 23.3 Å². The van der Waals surface area contributed by atoms with Crippen LogP contribution in [-0.2, 0) is 13.1 Å². The number of nitrogens with one attached hydrogen (secondary N) is 1. The fraction of sp³-hybridized carbons (Fsp3) is 0.182. The van der Waals surface area contributed by atoms with Crippen molar-refractivity contribution in [3.63, 3.8) is 0 Å². The topological polar surface area (TPSA) is 81.8 Å². The average molecular weight is 423 g/mol. The zero-order valence-electron chi connectivity index (χ0n) is 16.7. The monoisotopic (exact) mass is 423 g/mol. The number of fused-ring (bicyclic) bond motifs is 1. The van der Waals surface area contributed by atoms with Gasteiger partial charge in [-0.3, -0.25) is 14.2 Å². The highest BCUT2D eigenvalue weighted by molar-refractivity contribution is 5.94. The molecule has 1 N–H and O–H groups in total. The van der Waals surface area contributed by atoms with E-state index >= 15 is 0 Å². The number of nitrogens with zero attached hydrogens (tertiary/aromatic N) is 4. The number of carbonyl (C=O) groups excluding carboxylic acids is 1. The summed E-state index contributed by atoms with van der Waals surface area (Å²) in [5, 5.41) is 7.10. The second-order valence-corrected chi connectivity index (χ2v) is 7.15. The van der Waals surface area contributed by atoms with Crippen molar-refractivity contribution in [2.45, 2.75) is 20.0 Å². The summed E-state index contributed by atoms with van der Waals surface area (Å²) < 4.78 is 29.7. The van der Waals surface area contributed by atoms with Gasteiger partial charge in [0.25, 0.3) is 11.5 Å². The third kappa shape index (κ3) is 4.35. The predicted molar refractivity (Wildman–Crippen MR) is 111 cm³/mol. The van der Waals surface area contributed by atoms with Gasteiger partial charge in [-0.25, -0.2) is 18.4 Å². The van der Waals surface area contributed by atoms with Crippen LogP contribution in [0.25, 0.3) is 11.0 Å². The molecule has 0 saturated carbocycles. The number of rotatable bonds is 6. The van der Waals surface area contributed by atoms with Gasteiger partial charge >= 0.3 is 0 Å². The predicted octanol–water partition coefficient (Wildman–Crippen LogP) is 2.66. The van der Waals surface area contributed by atoms with Crippen molar-refractivity contribution in [3.8, 4) is 0 Å². The van der Waals surface area contributed by atoms with E-state index in [1.807, 2.05) is 31.2 Å². The van der Waals surface area contributed by atoms with Gasteiger partial charge in [0, 0.05) is 12.6 Å². The van der Waals surface area contributed by atoms with E-state index < -0.39 is 17.5 Å². The number of aromatic nitrogens is 4. The van der Waals surface area contributed by atoms with Crippen LogP contribution in [0.4, 0.5) is 8.78 Å².